The summed E-state index contributed by atoms with van der Waals surface area (Å²) in [7, 11) is 0. The second-order valence-corrected chi connectivity index (χ2v) is 7.83. The highest BCUT2D eigenvalue weighted by Gasteiger charge is 2.15. The summed E-state index contributed by atoms with van der Waals surface area (Å²) >= 11 is 0. The molecule has 0 aliphatic rings. The molecule has 0 amide bonds. The Morgan fingerprint density at radius 1 is 0.633 bits per heavy atom. The predicted octanol–water partition coefficient (Wildman–Crippen LogP) is 6.40. The largest absolute Gasteiger partial charge is 0.392 e. The van der Waals surface area contributed by atoms with Gasteiger partial charge in [0.1, 0.15) is 0 Å². The number of aliphatic hydroxyl groups is 1. The van der Waals surface area contributed by atoms with Crippen LogP contribution in [0.3, 0.4) is 0 Å². The average molecular weight is 390 g/mol. The minimum Gasteiger partial charge on any atom is -0.392 e. The van der Waals surface area contributed by atoms with Crippen LogP contribution in [0.15, 0.2) is 84.9 Å². The molecule has 1 N–H and O–H groups in total. The molecule has 2 heterocycles. The van der Waals surface area contributed by atoms with Crippen LogP contribution in [0.4, 0.5) is 0 Å². The van der Waals surface area contributed by atoms with Crippen molar-refractivity contribution in [3.63, 3.8) is 0 Å². The van der Waals surface area contributed by atoms with E-state index in [1.54, 1.807) is 0 Å². The highest BCUT2D eigenvalue weighted by atomic mass is 16.3. The van der Waals surface area contributed by atoms with Crippen LogP contribution in [0.5, 0.6) is 0 Å². The maximum atomic E-state index is 9.63. The molecule has 0 atom stereocenters. The van der Waals surface area contributed by atoms with Gasteiger partial charge >= 0.3 is 0 Å². The monoisotopic (exact) mass is 390 g/mol. The van der Waals surface area contributed by atoms with Crippen molar-refractivity contribution in [3.8, 4) is 5.69 Å². The van der Waals surface area contributed by atoms with Crippen molar-refractivity contribution < 1.29 is 5.11 Å². The van der Waals surface area contributed by atoms with Gasteiger partial charge in [-0.1, -0.05) is 42.5 Å². The van der Waals surface area contributed by atoms with Crippen LogP contribution >= 0.6 is 0 Å². The molecule has 30 heavy (non-hydrogen) atoms. The van der Waals surface area contributed by atoms with E-state index in [9.17, 15) is 5.11 Å². The third-order valence-corrected chi connectivity index (χ3v) is 6.25. The summed E-state index contributed by atoms with van der Waals surface area (Å²) in [6.07, 6.45) is 0. The van der Waals surface area contributed by atoms with Crippen LogP contribution in [0.25, 0.3) is 49.3 Å². The van der Waals surface area contributed by atoms with Gasteiger partial charge in [-0.3, -0.25) is 0 Å². The smallest absolute Gasteiger partial charge is 0.0682 e. The Bertz CT molecular complexity index is 1570. The molecule has 146 valence electrons. The molecule has 3 heteroatoms. The Balaban J connectivity index is 1.72. The first-order valence-corrected chi connectivity index (χ1v) is 10.4. The molecule has 4 aromatic carbocycles. The standard InChI is InChI=1S/C27H22N2O/c1-2-28-24-9-5-3-7-20(24)23-16-19(12-14-25(23)28)29-26-10-6-4-8-21(26)22-15-18(17-30)11-13-27(22)29/h3-16,30H,2,17H2,1H3. The molecular formula is C27H22N2O. The van der Waals surface area contributed by atoms with E-state index in [-0.39, 0.29) is 6.61 Å². The molecule has 0 aliphatic carbocycles. The fourth-order valence-electron chi connectivity index (χ4n) is 4.92. The first-order chi connectivity index (χ1) is 14.8. The van der Waals surface area contributed by atoms with Crippen LogP contribution in [0, 0.1) is 0 Å². The minimum absolute atomic E-state index is 0.0535. The van der Waals surface area contributed by atoms with E-state index < -0.39 is 0 Å². The third-order valence-electron chi connectivity index (χ3n) is 6.25. The fraction of sp³-hybridized carbons (Fsp3) is 0.111. The quantitative estimate of drug-likeness (QED) is 0.372. The fourth-order valence-corrected chi connectivity index (χ4v) is 4.92. The van der Waals surface area contributed by atoms with Crippen LogP contribution < -0.4 is 0 Å². The van der Waals surface area contributed by atoms with E-state index in [1.165, 1.54) is 38.1 Å². The zero-order valence-electron chi connectivity index (χ0n) is 16.8. The molecular weight excluding hydrogens is 368 g/mol. The first-order valence-electron chi connectivity index (χ1n) is 10.4. The number of nitrogens with zero attached hydrogens (tertiary/aromatic N) is 2. The van der Waals surface area contributed by atoms with E-state index in [0.29, 0.717) is 0 Å². The molecule has 0 radical (unpaired) electrons. The predicted molar refractivity (Wildman–Crippen MR) is 125 cm³/mol. The van der Waals surface area contributed by atoms with Gasteiger partial charge < -0.3 is 14.2 Å². The molecule has 0 bridgehead atoms. The molecule has 2 aromatic heterocycles. The van der Waals surface area contributed by atoms with E-state index >= 15 is 0 Å². The van der Waals surface area contributed by atoms with Crippen molar-refractivity contribution in [3.05, 3.63) is 90.5 Å². The number of rotatable bonds is 3. The SMILES string of the molecule is CCn1c2ccccc2c2cc(-n3c4ccccc4c4cc(CO)ccc43)ccc21. The van der Waals surface area contributed by atoms with Gasteiger partial charge in [-0.15, -0.1) is 0 Å². The maximum Gasteiger partial charge on any atom is 0.0682 e. The van der Waals surface area contributed by atoms with Crippen molar-refractivity contribution in [1.82, 2.24) is 9.13 Å². The second kappa shape index (κ2) is 6.48. The highest BCUT2D eigenvalue weighted by molar-refractivity contribution is 6.11. The van der Waals surface area contributed by atoms with Gasteiger partial charge in [0.15, 0.2) is 0 Å². The highest BCUT2D eigenvalue weighted by Crippen LogP contribution is 2.35. The number of aliphatic hydroxyl groups excluding tert-OH is 1. The van der Waals surface area contributed by atoms with E-state index in [0.717, 1.165) is 23.3 Å². The van der Waals surface area contributed by atoms with Gasteiger partial charge in [0, 0.05) is 44.8 Å². The molecule has 0 fully saturated rings. The van der Waals surface area contributed by atoms with E-state index in [1.807, 2.05) is 6.07 Å². The molecule has 0 spiro atoms. The minimum atomic E-state index is 0.0535. The van der Waals surface area contributed by atoms with Gasteiger partial charge in [0.25, 0.3) is 0 Å². The van der Waals surface area contributed by atoms with Crippen molar-refractivity contribution in [2.75, 3.05) is 0 Å². The molecule has 6 aromatic rings. The van der Waals surface area contributed by atoms with E-state index in [4.69, 9.17) is 0 Å². The van der Waals surface area contributed by atoms with Crippen molar-refractivity contribution >= 4 is 43.6 Å². The normalized spacial score (nSPS) is 11.9. The summed E-state index contributed by atoms with van der Waals surface area (Å²) in [5, 5.41) is 14.6. The second-order valence-electron chi connectivity index (χ2n) is 7.83. The van der Waals surface area contributed by atoms with Crippen molar-refractivity contribution in [2.45, 2.75) is 20.1 Å². The van der Waals surface area contributed by atoms with Crippen LogP contribution in [-0.2, 0) is 13.2 Å². The molecule has 6 rings (SSSR count). The number of para-hydroxylation sites is 2. The molecule has 0 unspecified atom stereocenters. The van der Waals surface area contributed by atoms with Gasteiger partial charge in [0.05, 0.1) is 17.6 Å². The van der Waals surface area contributed by atoms with Gasteiger partial charge in [0.2, 0.25) is 0 Å². The summed E-state index contributed by atoms with van der Waals surface area (Å²) in [6, 6.07) is 30.2. The topological polar surface area (TPSA) is 30.1 Å². The van der Waals surface area contributed by atoms with Crippen LogP contribution in [-0.4, -0.2) is 14.2 Å². The Hall–Kier alpha value is -3.56. The molecule has 0 saturated carbocycles. The lowest BCUT2D eigenvalue weighted by Gasteiger charge is -2.09. The molecule has 0 aliphatic heterocycles. The van der Waals surface area contributed by atoms with E-state index in [2.05, 4.69) is 94.9 Å². The van der Waals surface area contributed by atoms with Crippen molar-refractivity contribution in [2.24, 2.45) is 0 Å². The number of hydrogen-bond donors (Lipinski definition) is 1. The Labute approximate surface area is 174 Å². The number of aromatic nitrogens is 2. The van der Waals surface area contributed by atoms with Crippen LogP contribution in [0.2, 0.25) is 0 Å². The number of hydrogen-bond acceptors (Lipinski definition) is 1. The van der Waals surface area contributed by atoms with Gasteiger partial charge in [-0.2, -0.15) is 0 Å². The summed E-state index contributed by atoms with van der Waals surface area (Å²) in [5.41, 5.74) is 6.98. The lowest BCUT2D eigenvalue weighted by atomic mass is 10.1. The number of benzene rings is 4. The maximum absolute atomic E-state index is 9.63. The summed E-state index contributed by atoms with van der Waals surface area (Å²) in [5.74, 6) is 0. The summed E-state index contributed by atoms with van der Waals surface area (Å²) < 4.78 is 4.72. The zero-order valence-corrected chi connectivity index (χ0v) is 16.8. The van der Waals surface area contributed by atoms with Crippen molar-refractivity contribution in [1.29, 1.82) is 0 Å². The van der Waals surface area contributed by atoms with Crippen LogP contribution in [0.1, 0.15) is 12.5 Å². The van der Waals surface area contributed by atoms with Gasteiger partial charge in [-0.05, 0) is 55.0 Å². The zero-order chi connectivity index (χ0) is 20.2. The Morgan fingerprint density at radius 3 is 2.00 bits per heavy atom. The molecule has 3 nitrogen and oxygen atoms in total. The number of fused-ring (bicyclic) bond motifs is 6. The van der Waals surface area contributed by atoms with Gasteiger partial charge in [-0.25, -0.2) is 0 Å². The molecule has 0 saturated heterocycles. The summed E-state index contributed by atoms with van der Waals surface area (Å²) in [4.78, 5) is 0. The number of aryl methyl sites for hydroxylation is 1. The average Bonchev–Trinajstić information content (AvgIpc) is 3.30. The third kappa shape index (κ3) is 2.30. The Kier molecular flexibility index (Phi) is 3.74. The Morgan fingerprint density at radius 2 is 1.23 bits per heavy atom. The lowest BCUT2D eigenvalue weighted by molar-refractivity contribution is 0.282. The lowest BCUT2D eigenvalue weighted by Crippen LogP contribution is -1.95. The first kappa shape index (κ1) is 17.3. The summed E-state index contributed by atoms with van der Waals surface area (Å²) in [6.45, 7) is 3.20.